The van der Waals surface area contributed by atoms with Crippen LogP contribution in [0, 0.1) is 0 Å². The Morgan fingerprint density at radius 3 is 2.69 bits per heavy atom. The van der Waals surface area contributed by atoms with Crippen LogP contribution in [0.4, 0.5) is 5.69 Å². The van der Waals surface area contributed by atoms with Crippen LogP contribution in [0.25, 0.3) is 0 Å². The van der Waals surface area contributed by atoms with Gasteiger partial charge < -0.3 is 5.73 Å². The van der Waals surface area contributed by atoms with Crippen molar-refractivity contribution in [1.82, 2.24) is 4.98 Å². The van der Waals surface area contributed by atoms with Crippen LogP contribution in [0.3, 0.4) is 0 Å². The quantitative estimate of drug-likeness (QED) is 0.843. The van der Waals surface area contributed by atoms with Crippen molar-refractivity contribution >= 4 is 45.0 Å². The maximum Gasteiger partial charge on any atom is 0.101 e. The van der Waals surface area contributed by atoms with Gasteiger partial charge in [-0.1, -0.05) is 23.4 Å². The minimum absolute atomic E-state index is 0.648. The molecule has 1 heterocycles. The summed E-state index contributed by atoms with van der Waals surface area (Å²) >= 11 is 10.9. The summed E-state index contributed by atoms with van der Waals surface area (Å²) in [5, 5.41) is 1.55. The summed E-state index contributed by atoms with van der Waals surface area (Å²) in [6.07, 6.45) is 1.76. The monoisotopic (exact) mass is 314 g/mol. The Hall–Kier alpha value is -0.710. The number of nitrogens with zero attached hydrogens (tertiary/aromatic N) is 1. The van der Waals surface area contributed by atoms with E-state index < -0.39 is 0 Å². The number of pyridine rings is 1. The van der Waals surface area contributed by atoms with E-state index in [1.165, 1.54) is 11.8 Å². The van der Waals surface area contributed by atoms with E-state index in [0.29, 0.717) is 10.7 Å². The Bertz CT molecular complexity index is 502. The standard InChI is InChI=1S/C11H8BrClN2S/c12-7-1-4-11(15-6-7)16-10-3-2-8(14)5-9(10)13/h1-6H,14H2. The first-order chi connectivity index (χ1) is 7.65. The van der Waals surface area contributed by atoms with Gasteiger partial charge in [-0.15, -0.1) is 0 Å². The van der Waals surface area contributed by atoms with Crippen LogP contribution in [0.15, 0.2) is 50.9 Å². The lowest BCUT2D eigenvalue weighted by molar-refractivity contribution is 1.12. The third kappa shape index (κ3) is 2.90. The predicted octanol–water partition coefficient (Wildman–Crippen LogP) is 4.23. The van der Waals surface area contributed by atoms with Gasteiger partial charge in [0, 0.05) is 21.3 Å². The maximum absolute atomic E-state index is 6.07. The van der Waals surface area contributed by atoms with E-state index in [-0.39, 0.29) is 0 Å². The lowest BCUT2D eigenvalue weighted by atomic mass is 10.3. The zero-order valence-electron chi connectivity index (χ0n) is 8.15. The number of rotatable bonds is 2. The first kappa shape index (κ1) is 11.8. The molecule has 2 aromatic rings. The van der Waals surface area contributed by atoms with Crippen LogP contribution in [-0.4, -0.2) is 4.98 Å². The molecule has 0 saturated carbocycles. The third-order valence-corrected chi connectivity index (χ3v) is 3.79. The fraction of sp³-hybridized carbons (Fsp3) is 0. The van der Waals surface area contributed by atoms with Crippen molar-refractivity contribution < 1.29 is 0 Å². The topological polar surface area (TPSA) is 38.9 Å². The summed E-state index contributed by atoms with van der Waals surface area (Å²) in [6, 6.07) is 9.34. The summed E-state index contributed by atoms with van der Waals surface area (Å²) in [6.45, 7) is 0. The van der Waals surface area contributed by atoms with E-state index in [4.69, 9.17) is 17.3 Å². The van der Waals surface area contributed by atoms with Crippen LogP contribution >= 0.6 is 39.3 Å². The van der Waals surface area contributed by atoms with E-state index >= 15 is 0 Å². The van der Waals surface area contributed by atoms with Crippen LogP contribution in [0.1, 0.15) is 0 Å². The highest BCUT2D eigenvalue weighted by Crippen LogP contribution is 2.33. The molecule has 5 heteroatoms. The summed E-state index contributed by atoms with van der Waals surface area (Å²) < 4.78 is 0.959. The van der Waals surface area contributed by atoms with Crippen LogP contribution in [0.2, 0.25) is 5.02 Å². The van der Waals surface area contributed by atoms with E-state index in [9.17, 15) is 0 Å². The second kappa shape index (κ2) is 5.08. The van der Waals surface area contributed by atoms with Gasteiger partial charge in [-0.2, -0.15) is 0 Å². The minimum Gasteiger partial charge on any atom is -0.399 e. The molecule has 0 amide bonds. The molecule has 1 aromatic heterocycles. The number of nitrogen functional groups attached to an aromatic ring is 1. The lowest BCUT2D eigenvalue weighted by Gasteiger charge is -2.04. The van der Waals surface area contributed by atoms with Gasteiger partial charge in [-0.25, -0.2) is 4.98 Å². The fourth-order valence-electron chi connectivity index (χ4n) is 1.14. The minimum atomic E-state index is 0.648. The summed E-state index contributed by atoms with van der Waals surface area (Å²) in [7, 11) is 0. The molecule has 2 nitrogen and oxygen atoms in total. The number of hydrogen-bond acceptors (Lipinski definition) is 3. The molecule has 0 atom stereocenters. The van der Waals surface area contributed by atoms with Crippen LogP contribution in [-0.2, 0) is 0 Å². The first-order valence-electron chi connectivity index (χ1n) is 4.49. The van der Waals surface area contributed by atoms with E-state index in [1.54, 1.807) is 12.3 Å². The van der Waals surface area contributed by atoms with E-state index in [0.717, 1.165) is 14.4 Å². The lowest BCUT2D eigenvalue weighted by Crippen LogP contribution is -1.85. The number of benzene rings is 1. The normalized spacial score (nSPS) is 10.4. The van der Waals surface area contributed by atoms with Crippen molar-refractivity contribution in [3.63, 3.8) is 0 Å². The van der Waals surface area contributed by atoms with Gasteiger partial charge >= 0.3 is 0 Å². The highest BCUT2D eigenvalue weighted by Gasteiger charge is 2.04. The van der Waals surface area contributed by atoms with Gasteiger partial charge in [-0.3, -0.25) is 0 Å². The molecule has 0 unspecified atom stereocenters. The Balaban J connectivity index is 2.23. The van der Waals surface area contributed by atoms with Crippen molar-refractivity contribution in [1.29, 1.82) is 0 Å². The summed E-state index contributed by atoms with van der Waals surface area (Å²) in [4.78, 5) is 5.21. The molecule has 0 radical (unpaired) electrons. The first-order valence-corrected chi connectivity index (χ1v) is 6.48. The van der Waals surface area contributed by atoms with Crippen molar-refractivity contribution in [2.75, 3.05) is 5.73 Å². The zero-order chi connectivity index (χ0) is 11.5. The Morgan fingerprint density at radius 2 is 2.06 bits per heavy atom. The van der Waals surface area contributed by atoms with Crippen LogP contribution in [0.5, 0.6) is 0 Å². The molecule has 0 aliphatic rings. The molecule has 1 aromatic carbocycles. The van der Waals surface area contributed by atoms with Gasteiger partial charge in [0.15, 0.2) is 0 Å². The molecule has 0 bridgehead atoms. The SMILES string of the molecule is Nc1ccc(Sc2ccc(Br)cn2)c(Cl)c1. The van der Waals surface area contributed by atoms with Crippen molar-refractivity contribution in [3.8, 4) is 0 Å². The smallest absolute Gasteiger partial charge is 0.101 e. The van der Waals surface area contributed by atoms with Crippen LogP contribution < -0.4 is 5.73 Å². The molecule has 0 aliphatic heterocycles. The highest BCUT2D eigenvalue weighted by molar-refractivity contribution is 9.10. The largest absolute Gasteiger partial charge is 0.399 e. The summed E-state index contributed by atoms with van der Waals surface area (Å²) in [5.41, 5.74) is 6.29. The second-order valence-electron chi connectivity index (χ2n) is 3.11. The molecular weight excluding hydrogens is 308 g/mol. The van der Waals surface area contributed by atoms with Crippen molar-refractivity contribution in [3.05, 3.63) is 46.0 Å². The number of anilines is 1. The molecule has 0 fully saturated rings. The molecule has 0 saturated heterocycles. The molecule has 0 spiro atoms. The Morgan fingerprint density at radius 1 is 1.25 bits per heavy atom. The fourth-order valence-corrected chi connectivity index (χ4v) is 2.43. The third-order valence-electron chi connectivity index (χ3n) is 1.87. The summed E-state index contributed by atoms with van der Waals surface area (Å²) in [5.74, 6) is 0. The van der Waals surface area contributed by atoms with Crippen molar-refractivity contribution in [2.45, 2.75) is 9.92 Å². The zero-order valence-corrected chi connectivity index (χ0v) is 11.3. The molecule has 2 rings (SSSR count). The Kier molecular flexibility index (Phi) is 3.74. The van der Waals surface area contributed by atoms with Gasteiger partial charge in [0.2, 0.25) is 0 Å². The van der Waals surface area contributed by atoms with Crippen molar-refractivity contribution in [2.24, 2.45) is 0 Å². The van der Waals surface area contributed by atoms with Gasteiger partial charge in [0.1, 0.15) is 5.03 Å². The molecule has 0 aliphatic carbocycles. The van der Waals surface area contributed by atoms with Gasteiger partial charge in [0.05, 0.1) is 5.02 Å². The number of halogens is 2. The van der Waals surface area contributed by atoms with E-state index in [2.05, 4.69) is 20.9 Å². The molecule has 2 N–H and O–H groups in total. The molecule has 16 heavy (non-hydrogen) atoms. The average Bonchev–Trinajstić information content (AvgIpc) is 2.25. The van der Waals surface area contributed by atoms with Gasteiger partial charge in [0.25, 0.3) is 0 Å². The number of aromatic nitrogens is 1. The molecular formula is C11H8BrClN2S. The van der Waals surface area contributed by atoms with E-state index in [1.807, 2.05) is 24.3 Å². The number of nitrogens with two attached hydrogens (primary N) is 1. The average molecular weight is 316 g/mol. The molecule has 82 valence electrons. The van der Waals surface area contributed by atoms with Gasteiger partial charge in [-0.05, 0) is 46.3 Å². The number of hydrogen-bond donors (Lipinski definition) is 1. The maximum atomic E-state index is 6.07. The Labute approximate surface area is 111 Å². The second-order valence-corrected chi connectivity index (χ2v) is 5.49. The predicted molar refractivity (Wildman–Crippen MR) is 71.9 cm³/mol. The highest BCUT2D eigenvalue weighted by atomic mass is 79.9.